The molecule has 0 N–H and O–H groups in total. The summed E-state index contributed by atoms with van der Waals surface area (Å²) in [5, 5.41) is 4.98. The van der Waals surface area contributed by atoms with Gasteiger partial charge in [-0.15, -0.1) is 0 Å². The number of nitrogens with zero attached hydrogens (tertiary/aromatic N) is 3. The van der Waals surface area contributed by atoms with E-state index in [2.05, 4.69) is 5.10 Å². The van der Waals surface area contributed by atoms with Crippen molar-refractivity contribution in [2.75, 3.05) is 19.7 Å². The molecule has 2 aromatic rings. The molecule has 2 heterocycles. The summed E-state index contributed by atoms with van der Waals surface area (Å²) in [6.45, 7) is 5.67. The number of amides is 1. The third-order valence-electron chi connectivity index (χ3n) is 3.82. The Morgan fingerprint density at radius 3 is 3.00 bits per heavy atom. The van der Waals surface area contributed by atoms with E-state index in [-0.39, 0.29) is 12.0 Å². The molecule has 1 saturated heterocycles. The van der Waals surface area contributed by atoms with Crippen LogP contribution in [0.15, 0.2) is 30.5 Å². The van der Waals surface area contributed by atoms with Crippen LogP contribution in [0.5, 0.6) is 0 Å². The minimum atomic E-state index is 0.000859. The molecule has 0 spiro atoms. The Morgan fingerprint density at radius 2 is 2.27 bits per heavy atom. The number of rotatable bonds is 2. The van der Waals surface area contributed by atoms with Gasteiger partial charge in [0, 0.05) is 18.1 Å². The van der Waals surface area contributed by atoms with Gasteiger partial charge in [-0.1, -0.05) is 17.7 Å². The van der Waals surface area contributed by atoms with Crippen molar-refractivity contribution in [3.8, 4) is 5.69 Å². The molecule has 116 valence electrons. The maximum Gasteiger partial charge on any atom is 0.257 e. The van der Waals surface area contributed by atoms with Crippen LogP contribution in [-0.4, -0.2) is 46.4 Å². The molecule has 1 aliphatic heterocycles. The number of aromatic nitrogens is 2. The maximum absolute atomic E-state index is 12.7. The van der Waals surface area contributed by atoms with E-state index < -0.39 is 0 Å². The van der Waals surface area contributed by atoms with Crippen molar-refractivity contribution < 1.29 is 9.53 Å². The predicted molar refractivity (Wildman–Crippen MR) is 84.6 cm³/mol. The van der Waals surface area contributed by atoms with E-state index >= 15 is 0 Å². The highest BCUT2D eigenvalue weighted by Crippen LogP contribution is 2.19. The standard InChI is InChI=1S/C16H18ClN3O2/c1-11-10-19(6-7-22-11)16(21)15-9-18-20(12(15)2)14-5-3-4-13(17)8-14/h3-5,8-9,11H,6-7,10H2,1-2H3. The molecule has 1 atom stereocenters. The lowest BCUT2D eigenvalue weighted by atomic mass is 10.2. The molecular weight excluding hydrogens is 302 g/mol. The SMILES string of the molecule is Cc1c(C(=O)N2CCOC(C)C2)cnn1-c1cccc(Cl)c1. The fourth-order valence-corrected chi connectivity index (χ4v) is 2.85. The number of hydrogen-bond acceptors (Lipinski definition) is 3. The molecule has 22 heavy (non-hydrogen) atoms. The van der Waals surface area contributed by atoms with Gasteiger partial charge < -0.3 is 9.64 Å². The Balaban J connectivity index is 1.88. The zero-order valence-electron chi connectivity index (χ0n) is 12.6. The quantitative estimate of drug-likeness (QED) is 0.855. The number of carbonyl (C=O) groups is 1. The number of ether oxygens (including phenoxy) is 1. The summed E-state index contributed by atoms with van der Waals surface area (Å²) in [5.41, 5.74) is 2.28. The first-order chi connectivity index (χ1) is 10.6. The van der Waals surface area contributed by atoms with E-state index in [1.807, 2.05) is 43.0 Å². The highest BCUT2D eigenvalue weighted by molar-refractivity contribution is 6.30. The second-order valence-corrected chi connectivity index (χ2v) is 5.90. The average molecular weight is 320 g/mol. The van der Waals surface area contributed by atoms with Crippen molar-refractivity contribution in [2.24, 2.45) is 0 Å². The zero-order chi connectivity index (χ0) is 15.7. The summed E-state index contributed by atoms with van der Waals surface area (Å²) >= 11 is 6.02. The second-order valence-electron chi connectivity index (χ2n) is 5.47. The molecule has 1 aromatic carbocycles. The van der Waals surface area contributed by atoms with Gasteiger partial charge in [0.15, 0.2) is 0 Å². The van der Waals surface area contributed by atoms with Crippen molar-refractivity contribution in [2.45, 2.75) is 20.0 Å². The molecule has 1 aliphatic rings. The van der Waals surface area contributed by atoms with Crippen LogP contribution >= 0.6 is 11.6 Å². The predicted octanol–water partition coefficient (Wildman–Crippen LogP) is 2.70. The van der Waals surface area contributed by atoms with Crippen LogP contribution in [0.4, 0.5) is 0 Å². The first kappa shape index (κ1) is 15.1. The molecule has 3 rings (SSSR count). The number of hydrogen-bond donors (Lipinski definition) is 0. The van der Waals surface area contributed by atoms with Gasteiger partial charge in [0.1, 0.15) is 0 Å². The molecular formula is C16H18ClN3O2. The van der Waals surface area contributed by atoms with E-state index in [1.54, 1.807) is 10.9 Å². The fourth-order valence-electron chi connectivity index (χ4n) is 2.66. The fraction of sp³-hybridized carbons (Fsp3) is 0.375. The van der Waals surface area contributed by atoms with Crippen LogP contribution in [0.2, 0.25) is 5.02 Å². The van der Waals surface area contributed by atoms with Crippen molar-refractivity contribution in [1.82, 2.24) is 14.7 Å². The second kappa shape index (κ2) is 6.10. The van der Waals surface area contributed by atoms with E-state index in [1.165, 1.54) is 0 Å². The Morgan fingerprint density at radius 1 is 1.45 bits per heavy atom. The minimum Gasteiger partial charge on any atom is -0.375 e. The number of halogens is 1. The van der Waals surface area contributed by atoms with Gasteiger partial charge in [0.25, 0.3) is 5.91 Å². The topological polar surface area (TPSA) is 47.4 Å². The third-order valence-corrected chi connectivity index (χ3v) is 4.06. The Kier molecular flexibility index (Phi) is 4.18. The van der Waals surface area contributed by atoms with E-state index in [0.717, 1.165) is 11.4 Å². The molecule has 0 aliphatic carbocycles. The summed E-state index contributed by atoms with van der Waals surface area (Å²) in [6, 6.07) is 7.42. The van der Waals surface area contributed by atoms with Gasteiger partial charge in [-0.2, -0.15) is 5.10 Å². The van der Waals surface area contributed by atoms with Gasteiger partial charge in [0.05, 0.1) is 35.9 Å². The molecule has 0 radical (unpaired) electrons. The average Bonchev–Trinajstić information content (AvgIpc) is 2.88. The van der Waals surface area contributed by atoms with Gasteiger partial charge in [0.2, 0.25) is 0 Å². The summed E-state index contributed by atoms with van der Waals surface area (Å²) in [5.74, 6) is 0.000859. The third kappa shape index (κ3) is 2.87. The Bertz CT molecular complexity index is 698. The van der Waals surface area contributed by atoms with E-state index in [4.69, 9.17) is 16.3 Å². The highest BCUT2D eigenvalue weighted by Gasteiger charge is 2.25. The lowest BCUT2D eigenvalue weighted by molar-refractivity contribution is -0.0124. The first-order valence-electron chi connectivity index (χ1n) is 7.27. The molecule has 0 saturated carbocycles. The first-order valence-corrected chi connectivity index (χ1v) is 7.65. The lowest BCUT2D eigenvalue weighted by Gasteiger charge is -2.31. The molecule has 0 bridgehead atoms. The molecule has 1 aromatic heterocycles. The monoisotopic (exact) mass is 319 g/mol. The smallest absolute Gasteiger partial charge is 0.257 e. The van der Waals surface area contributed by atoms with Crippen LogP contribution in [-0.2, 0) is 4.74 Å². The zero-order valence-corrected chi connectivity index (χ0v) is 13.4. The summed E-state index contributed by atoms with van der Waals surface area (Å²) in [6.07, 6.45) is 1.69. The van der Waals surface area contributed by atoms with Gasteiger partial charge in [-0.3, -0.25) is 4.79 Å². The van der Waals surface area contributed by atoms with Crippen LogP contribution in [0.3, 0.4) is 0 Å². The normalized spacial score (nSPS) is 18.5. The molecule has 1 amide bonds. The van der Waals surface area contributed by atoms with Crippen LogP contribution in [0, 0.1) is 6.92 Å². The summed E-state index contributed by atoms with van der Waals surface area (Å²) < 4.78 is 7.22. The highest BCUT2D eigenvalue weighted by atomic mass is 35.5. The van der Waals surface area contributed by atoms with Crippen molar-refractivity contribution in [3.63, 3.8) is 0 Å². The van der Waals surface area contributed by atoms with Gasteiger partial charge in [-0.25, -0.2) is 4.68 Å². The number of carbonyl (C=O) groups excluding carboxylic acids is 1. The molecule has 6 heteroatoms. The van der Waals surface area contributed by atoms with E-state index in [9.17, 15) is 4.79 Å². The summed E-state index contributed by atoms with van der Waals surface area (Å²) in [4.78, 5) is 14.5. The van der Waals surface area contributed by atoms with Crippen LogP contribution in [0.1, 0.15) is 23.0 Å². The molecule has 1 fully saturated rings. The van der Waals surface area contributed by atoms with Crippen LogP contribution in [0.25, 0.3) is 5.69 Å². The maximum atomic E-state index is 12.7. The lowest BCUT2D eigenvalue weighted by Crippen LogP contribution is -2.44. The van der Waals surface area contributed by atoms with Crippen molar-refractivity contribution >= 4 is 17.5 Å². The van der Waals surface area contributed by atoms with Crippen molar-refractivity contribution in [1.29, 1.82) is 0 Å². The van der Waals surface area contributed by atoms with Crippen LogP contribution < -0.4 is 0 Å². The molecule has 1 unspecified atom stereocenters. The van der Waals surface area contributed by atoms with Crippen molar-refractivity contribution in [3.05, 3.63) is 46.7 Å². The van der Waals surface area contributed by atoms with E-state index in [0.29, 0.717) is 30.3 Å². The largest absolute Gasteiger partial charge is 0.375 e. The van der Waals surface area contributed by atoms with Gasteiger partial charge >= 0.3 is 0 Å². The summed E-state index contributed by atoms with van der Waals surface area (Å²) in [7, 11) is 0. The minimum absolute atomic E-state index is 0.000859. The number of benzene rings is 1. The Hall–Kier alpha value is -1.85. The molecule has 5 nitrogen and oxygen atoms in total. The van der Waals surface area contributed by atoms with Gasteiger partial charge in [-0.05, 0) is 32.0 Å². The Labute approximate surface area is 134 Å². The number of morpholine rings is 1.